The zero-order valence-corrected chi connectivity index (χ0v) is 14.4. The second-order valence-corrected chi connectivity index (χ2v) is 7.19. The summed E-state index contributed by atoms with van der Waals surface area (Å²) in [5.74, 6) is 0.0796. The summed E-state index contributed by atoms with van der Waals surface area (Å²) in [5.41, 5.74) is 4.38. The Morgan fingerprint density at radius 2 is 1.68 bits per heavy atom. The lowest BCUT2D eigenvalue weighted by atomic mass is 9.96. The fourth-order valence-corrected chi connectivity index (χ4v) is 4.14. The summed E-state index contributed by atoms with van der Waals surface area (Å²) >= 11 is 0. The van der Waals surface area contributed by atoms with Crippen LogP contribution >= 0.6 is 0 Å². The van der Waals surface area contributed by atoms with Crippen LogP contribution in [0.3, 0.4) is 0 Å². The van der Waals surface area contributed by atoms with Crippen LogP contribution < -0.4 is 10.2 Å². The van der Waals surface area contributed by atoms with Crippen LogP contribution in [-0.4, -0.2) is 36.2 Å². The van der Waals surface area contributed by atoms with E-state index < -0.39 is 5.54 Å². The van der Waals surface area contributed by atoms with Crippen molar-refractivity contribution in [3.63, 3.8) is 0 Å². The monoisotopic (exact) mass is 336 g/mol. The number of hydrogen-bond acceptors (Lipinski definition) is 3. The highest BCUT2D eigenvalue weighted by atomic mass is 16.3. The summed E-state index contributed by atoms with van der Waals surface area (Å²) < 4.78 is 0. The molecular formula is C21H24N2O2. The Balaban J connectivity index is 1.46. The summed E-state index contributed by atoms with van der Waals surface area (Å²) in [4.78, 5) is 14.7. The fourth-order valence-electron chi connectivity index (χ4n) is 4.14. The van der Waals surface area contributed by atoms with Crippen LogP contribution in [-0.2, 0) is 24.1 Å². The third-order valence-corrected chi connectivity index (χ3v) is 5.50. The Morgan fingerprint density at radius 3 is 2.36 bits per heavy atom. The molecule has 0 atom stereocenters. The van der Waals surface area contributed by atoms with Crippen LogP contribution in [0.4, 0.5) is 5.69 Å². The molecule has 1 amide bonds. The highest BCUT2D eigenvalue weighted by Gasteiger charge is 2.37. The lowest BCUT2D eigenvalue weighted by molar-refractivity contribution is -0.118. The number of amides is 1. The van der Waals surface area contributed by atoms with Gasteiger partial charge in [0, 0.05) is 17.8 Å². The van der Waals surface area contributed by atoms with Gasteiger partial charge < -0.3 is 15.3 Å². The number of nitrogens with one attached hydrogen (secondary N) is 1. The Kier molecular flexibility index (Phi) is 4.32. The summed E-state index contributed by atoms with van der Waals surface area (Å²) in [6.45, 7) is 1.05. The van der Waals surface area contributed by atoms with E-state index in [0.29, 0.717) is 0 Å². The Hall–Kier alpha value is -2.17. The van der Waals surface area contributed by atoms with E-state index in [1.165, 1.54) is 16.7 Å². The minimum absolute atomic E-state index is 0.0333. The van der Waals surface area contributed by atoms with Crippen LogP contribution in [0.5, 0.6) is 0 Å². The first-order valence-electron chi connectivity index (χ1n) is 9.02. The summed E-state index contributed by atoms with van der Waals surface area (Å²) in [5, 5.41) is 13.4. The summed E-state index contributed by atoms with van der Waals surface area (Å²) in [6, 6.07) is 16.4. The molecule has 0 bridgehead atoms. The number of anilines is 1. The maximum absolute atomic E-state index is 12.8. The van der Waals surface area contributed by atoms with E-state index in [2.05, 4.69) is 23.5 Å². The number of hydrogen-bond donors (Lipinski definition) is 2. The molecule has 4 nitrogen and oxygen atoms in total. The van der Waals surface area contributed by atoms with E-state index in [-0.39, 0.29) is 19.1 Å². The second kappa shape index (κ2) is 6.62. The van der Waals surface area contributed by atoms with Gasteiger partial charge >= 0.3 is 0 Å². The predicted octanol–water partition coefficient (Wildman–Crippen LogP) is 2.09. The van der Waals surface area contributed by atoms with Crippen molar-refractivity contribution in [2.45, 2.75) is 31.2 Å². The topological polar surface area (TPSA) is 52.6 Å². The molecule has 2 N–H and O–H groups in total. The number of aryl methyl sites for hydroxylation is 1. The van der Waals surface area contributed by atoms with Crippen molar-refractivity contribution in [2.24, 2.45) is 0 Å². The number of para-hydroxylation sites is 1. The quantitative estimate of drug-likeness (QED) is 0.899. The van der Waals surface area contributed by atoms with Gasteiger partial charge in [-0.15, -0.1) is 0 Å². The van der Waals surface area contributed by atoms with Gasteiger partial charge in [-0.3, -0.25) is 4.79 Å². The van der Waals surface area contributed by atoms with E-state index in [1.807, 2.05) is 35.2 Å². The lowest BCUT2D eigenvalue weighted by Crippen LogP contribution is -2.53. The number of benzene rings is 2. The van der Waals surface area contributed by atoms with Crippen molar-refractivity contribution in [2.75, 3.05) is 24.6 Å². The number of carbonyl (C=O) groups excluding carboxylic acids is 1. The normalized spacial score (nSPS) is 17.9. The van der Waals surface area contributed by atoms with Crippen molar-refractivity contribution in [3.05, 3.63) is 65.2 Å². The number of aliphatic hydroxyl groups is 1. The molecule has 1 heterocycles. The minimum atomic E-state index is -0.422. The van der Waals surface area contributed by atoms with Crippen molar-refractivity contribution in [1.29, 1.82) is 0 Å². The average Bonchev–Trinajstić information content (AvgIpc) is 3.05. The standard InChI is InChI=1S/C21H24N2O2/c24-15-21(12-17-7-1-2-8-18(17)13-21)22-14-20(25)23-11-5-9-16-6-3-4-10-19(16)23/h1-4,6-8,10,22,24H,5,9,11-15H2. The maximum Gasteiger partial charge on any atom is 0.240 e. The molecule has 0 radical (unpaired) electrons. The molecule has 0 unspecified atom stereocenters. The van der Waals surface area contributed by atoms with Gasteiger partial charge in [0.25, 0.3) is 0 Å². The van der Waals surface area contributed by atoms with Gasteiger partial charge in [-0.1, -0.05) is 42.5 Å². The third kappa shape index (κ3) is 3.08. The third-order valence-electron chi connectivity index (χ3n) is 5.50. The van der Waals surface area contributed by atoms with E-state index in [0.717, 1.165) is 37.9 Å². The van der Waals surface area contributed by atoms with Crippen LogP contribution in [0.25, 0.3) is 0 Å². The van der Waals surface area contributed by atoms with Gasteiger partial charge in [-0.05, 0) is 48.4 Å². The largest absolute Gasteiger partial charge is 0.394 e. The van der Waals surface area contributed by atoms with Crippen LogP contribution in [0.2, 0.25) is 0 Å². The van der Waals surface area contributed by atoms with E-state index in [1.54, 1.807) is 0 Å². The fraction of sp³-hybridized carbons (Fsp3) is 0.381. The van der Waals surface area contributed by atoms with Gasteiger partial charge in [-0.25, -0.2) is 0 Å². The molecule has 130 valence electrons. The molecule has 0 saturated heterocycles. The molecule has 2 aliphatic rings. The highest BCUT2D eigenvalue weighted by Crippen LogP contribution is 2.30. The molecule has 0 aromatic heterocycles. The first kappa shape index (κ1) is 16.3. The van der Waals surface area contributed by atoms with Crippen molar-refractivity contribution in [1.82, 2.24) is 5.32 Å². The van der Waals surface area contributed by atoms with Gasteiger partial charge in [0.1, 0.15) is 0 Å². The van der Waals surface area contributed by atoms with Gasteiger partial charge in [0.15, 0.2) is 0 Å². The van der Waals surface area contributed by atoms with Crippen molar-refractivity contribution < 1.29 is 9.90 Å². The Labute approximate surface area is 148 Å². The Bertz CT molecular complexity index is 762. The zero-order chi connectivity index (χ0) is 17.3. The summed E-state index contributed by atoms with van der Waals surface area (Å²) in [6.07, 6.45) is 3.57. The van der Waals surface area contributed by atoms with Gasteiger partial charge in [0.2, 0.25) is 5.91 Å². The molecule has 1 aliphatic carbocycles. The van der Waals surface area contributed by atoms with E-state index in [4.69, 9.17) is 0 Å². The summed E-state index contributed by atoms with van der Waals surface area (Å²) in [7, 11) is 0. The van der Waals surface area contributed by atoms with Crippen molar-refractivity contribution in [3.8, 4) is 0 Å². The number of carbonyl (C=O) groups is 1. The molecular weight excluding hydrogens is 312 g/mol. The van der Waals surface area contributed by atoms with Gasteiger partial charge in [-0.2, -0.15) is 0 Å². The lowest BCUT2D eigenvalue weighted by Gasteiger charge is -2.32. The highest BCUT2D eigenvalue weighted by molar-refractivity contribution is 5.96. The minimum Gasteiger partial charge on any atom is -0.394 e. The second-order valence-electron chi connectivity index (χ2n) is 7.19. The molecule has 25 heavy (non-hydrogen) atoms. The zero-order valence-electron chi connectivity index (χ0n) is 14.4. The number of aliphatic hydroxyl groups excluding tert-OH is 1. The van der Waals surface area contributed by atoms with E-state index >= 15 is 0 Å². The Morgan fingerprint density at radius 1 is 1.04 bits per heavy atom. The van der Waals surface area contributed by atoms with Crippen LogP contribution in [0, 0.1) is 0 Å². The molecule has 0 spiro atoms. The molecule has 4 rings (SSSR count). The number of nitrogens with zero attached hydrogens (tertiary/aromatic N) is 1. The van der Waals surface area contributed by atoms with Crippen LogP contribution in [0.1, 0.15) is 23.1 Å². The van der Waals surface area contributed by atoms with Crippen LogP contribution in [0.15, 0.2) is 48.5 Å². The van der Waals surface area contributed by atoms with Gasteiger partial charge in [0.05, 0.1) is 13.2 Å². The molecule has 0 fully saturated rings. The van der Waals surface area contributed by atoms with E-state index in [9.17, 15) is 9.90 Å². The molecule has 2 aromatic rings. The smallest absolute Gasteiger partial charge is 0.240 e. The first-order valence-corrected chi connectivity index (χ1v) is 9.02. The molecule has 0 saturated carbocycles. The number of fused-ring (bicyclic) bond motifs is 2. The van der Waals surface area contributed by atoms with Crippen molar-refractivity contribution >= 4 is 11.6 Å². The molecule has 1 aliphatic heterocycles. The molecule has 2 aromatic carbocycles. The predicted molar refractivity (Wildman–Crippen MR) is 98.8 cm³/mol. The maximum atomic E-state index is 12.8. The SMILES string of the molecule is O=C(CNC1(CO)Cc2ccccc2C1)N1CCCc2ccccc21. The molecule has 4 heteroatoms. The average molecular weight is 336 g/mol. The number of rotatable bonds is 4. The first-order chi connectivity index (χ1) is 12.2.